The van der Waals surface area contributed by atoms with Gasteiger partial charge in [0.15, 0.2) is 0 Å². The number of hydrogen-bond acceptors (Lipinski definition) is 3. The van der Waals surface area contributed by atoms with Crippen LogP contribution >= 0.6 is 0 Å². The van der Waals surface area contributed by atoms with E-state index in [0.717, 1.165) is 19.3 Å². The molecule has 5 nitrogen and oxygen atoms in total. The van der Waals surface area contributed by atoms with Crippen LogP contribution in [0.2, 0.25) is 0 Å². The summed E-state index contributed by atoms with van der Waals surface area (Å²) in [5, 5.41) is 2.83. The molecule has 134 valence electrons. The first-order valence-electron chi connectivity index (χ1n) is 8.41. The quantitative estimate of drug-likeness (QED) is 0.705. The second-order valence-corrected chi connectivity index (χ2v) is 7.57. The van der Waals surface area contributed by atoms with Gasteiger partial charge >= 0.3 is 0 Å². The number of sulfonamides is 1. The number of anilines is 1. The van der Waals surface area contributed by atoms with Gasteiger partial charge in [0.05, 0.1) is 4.90 Å². The van der Waals surface area contributed by atoms with Crippen LogP contribution in [0.1, 0.15) is 42.1 Å². The average molecular weight is 360 g/mol. The molecule has 0 unspecified atom stereocenters. The van der Waals surface area contributed by atoms with E-state index in [-0.39, 0.29) is 10.8 Å². The number of nitrogens with one attached hydrogen (secondary N) is 2. The molecule has 0 fully saturated rings. The highest BCUT2D eigenvalue weighted by Crippen LogP contribution is 2.20. The molecule has 0 atom stereocenters. The maximum Gasteiger partial charge on any atom is 0.262 e. The van der Waals surface area contributed by atoms with Gasteiger partial charge in [0.25, 0.3) is 15.9 Å². The highest BCUT2D eigenvalue weighted by atomic mass is 32.2. The van der Waals surface area contributed by atoms with Crippen molar-refractivity contribution in [2.75, 3.05) is 11.3 Å². The lowest BCUT2D eigenvalue weighted by atomic mass is 10.1. The molecule has 6 heteroatoms. The summed E-state index contributed by atoms with van der Waals surface area (Å²) in [6, 6.07) is 13.4. The molecule has 2 rings (SSSR count). The van der Waals surface area contributed by atoms with Gasteiger partial charge in [0.2, 0.25) is 0 Å². The van der Waals surface area contributed by atoms with E-state index in [1.54, 1.807) is 43.3 Å². The molecule has 0 aliphatic rings. The normalized spacial score (nSPS) is 11.1. The van der Waals surface area contributed by atoms with Crippen molar-refractivity contribution in [3.8, 4) is 0 Å². The first-order chi connectivity index (χ1) is 11.9. The molecule has 2 N–H and O–H groups in total. The maximum atomic E-state index is 12.7. The van der Waals surface area contributed by atoms with Crippen LogP contribution in [0.3, 0.4) is 0 Å². The SMILES string of the molecule is CCCCCNC(=O)c1ccc(C)c(S(=O)(=O)Nc2ccccc2)c1. The molecule has 2 aromatic rings. The molecule has 0 saturated carbocycles. The van der Waals surface area contributed by atoms with Crippen LogP contribution in [-0.2, 0) is 10.0 Å². The molecule has 0 aromatic heterocycles. The molecule has 1 amide bonds. The van der Waals surface area contributed by atoms with Crippen LogP contribution in [0.4, 0.5) is 5.69 Å². The molecule has 0 aliphatic carbocycles. The summed E-state index contributed by atoms with van der Waals surface area (Å²) in [4.78, 5) is 12.3. The van der Waals surface area contributed by atoms with Crippen molar-refractivity contribution < 1.29 is 13.2 Å². The Bertz CT molecular complexity index is 818. The lowest BCUT2D eigenvalue weighted by molar-refractivity contribution is 0.0952. The van der Waals surface area contributed by atoms with Crippen molar-refractivity contribution in [3.05, 3.63) is 59.7 Å². The van der Waals surface area contributed by atoms with Crippen molar-refractivity contribution in [2.24, 2.45) is 0 Å². The lowest BCUT2D eigenvalue weighted by Gasteiger charge is -2.12. The van der Waals surface area contributed by atoms with Gasteiger partial charge in [-0.25, -0.2) is 8.42 Å². The summed E-state index contributed by atoms with van der Waals surface area (Å²) in [7, 11) is -3.76. The fourth-order valence-electron chi connectivity index (χ4n) is 2.43. The van der Waals surface area contributed by atoms with Crippen LogP contribution in [-0.4, -0.2) is 20.9 Å². The summed E-state index contributed by atoms with van der Waals surface area (Å²) in [6.45, 7) is 4.39. The Morgan fingerprint density at radius 3 is 2.44 bits per heavy atom. The third kappa shape index (κ3) is 5.32. The van der Waals surface area contributed by atoms with Crippen LogP contribution in [0, 0.1) is 6.92 Å². The number of unbranched alkanes of at least 4 members (excludes halogenated alkanes) is 2. The summed E-state index contributed by atoms with van der Waals surface area (Å²) in [6.07, 6.45) is 3.04. The van der Waals surface area contributed by atoms with E-state index in [4.69, 9.17) is 0 Å². The minimum Gasteiger partial charge on any atom is -0.352 e. The van der Waals surface area contributed by atoms with Crippen molar-refractivity contribution in [1.82, 2.24) is 5.32 Å². The number of carbonyl (C=O) groups is 1. The molecule has 0 aliphatic heterocycles. The smallest absolute Gasteiger partial charge is 0.262 e. The second-order valence-electron chi connectivity index (χ2n) is 5.91. The van der Waals surface area contributed by atoms with E-state index < -0.39 is 10.0 Å². The second kappa shape index (κ2) is 8.67. The zero-order valence-electron chi connectivity index (χ0n) is 14.6. The molecule has 0 bridgehead atoms. The fourth-order valence-corrected chi connectivity index (χ4v) is 3.76. The van der Waals surface area contributed by atoms with Crippen LogP contribution in [0.5, 0.6) is 0 Å². The van der Waals surface area contributed by atoms with E-state index in [0.29, 0.717) is 23.4 Å². The maximum absolute atomic E-state index is 12.7. The number of aryl methyl sites for hydroxylation is 1. The summed E-state index contributed by atoms with van der Waals surface area (Å²) < 4.78 is 27.8. The molecule has 2 aromatic carbocycles. The van der Waals surface area contributed by atoms with Crippen LogP contribution in [0.25, 0.3) is 0 Å². The molecular weight excluding hydrogens is 336 g/mol. The third-order valence-corrected chi connectivity index (χ3v) is 5.36. The third-order valence-electron chi connectivity index (χ3n) is 3.83. The number of hydrogen-bond donors (Lipinski definition) is 2. The molecule has 0 radical (unpaired) electrons. The Hall–Kier alpha value is -2.34. The van der Waals surface area contributed by atoms with Gasteiger partial charge in [-0.1, -0.05) is 44.0 Å². The number of para-hydroxylation sites is 1. The van der Waals surface area contributed by atoms with Crippen molar-refractivity contribution in [3.63, 3.8) is 0 Å². The summed E-state index contributed by atoms with van der Waals surface area (Å²) >= 11 is 0. The lowest BCUT2D eigenvalue weighted by Crippen LogP contribution is -2.25. The molecule has 0 saturated heterocycles. The number of carbonyl (C=O) groups excluding carboxylic acids is 1. The zero-order chi connectivity index (χ0) is 18.3. The number of amides is 1. The van der Waals surface area contributed by atoms with Gasteiger partial charge in [-0.15, -0.1) is 0 Å². The minimum absolute atomic E-state index is 0.109. The fraction of sp³-hybridized carbons (Fsp3) is 0.316. The summed E-state index contributed by atoms with van der Waals surface area (Å²) in [5.41, 5.74) is 1.41. The molecule has 0 spiro atoms. The van der Waals surface area contributed by atoms with Crippen LogP contribution in [0.15, 0.2) is 53.4 Å². The summed E-state index contributed by atoms with van der Waals surface area (Å²) in [5.74, 6) is -0.257. The first-order valence-corrected chi connectivity index (χ1v) is 9.89. The van der Waals surface area contributed by atoms with Crippen molar-refractivity contribution >= 4 is 21.6 Å². The Kier molecular flexibility index (Phi) is 6.58. The average Bonchev–Trinajstić information content (AvgIpc) is 2.59. The molecule has 0 heterocycles. The first kappa shape index (κ1) is 19.0. The largest absolute Gasteiger partial charge is 0.352 e. The predicted octanol–water partition coefficient (Wildman–Crippen LogP) is 3.72. The Balaban J connectivity index is 2.19. The van der Waals surface area contributed by atoms with E-state index in [1.807, 2.05) is 6.07 Å². The van der Waals surface area contributed by atoms with Gasteiger partial charge in [-0.05, 0) is 43.2 Å². The van der Waals surface area contributed by atoms with E-state index >= 15 is 0 Å². The molecule has 25 heavy (non-hydrogen) atoms. The predicted molar refractivity (Wildman–Crippen MR) is 100 cm³/mol. The van der Waals surface area contributed by atoms with Crippen LogP contribution < -0.4 is 10.0 Å². The van der Waals surface area contributed by atoms with Gasteiger partial charge in [0, 0.05) is 17.8 Å². The Morgan fingerprint density at radius 1 is 1.04 bits per heavy atom. The number of benzene rings is 2. The van der Waals surface area contributed by atoms with E-state index in [9.17, 15) is 13.2 Å². The van der Waals surface area contributed by atoms with Gasteiger partial charge in [-0.3, -0.25) is 9.52 Å². The molecular formula is C19H24N2O3S. The minimum atomic E-state index is -3.76. The Labute approximate surface area is 149 Å². The zero-order valence-corrected chi connectivity index (χ0v) is 15.4. The highest BCUT2D eigenvalue weighted by Gasteiger charge is 2.19. The van der Waals surface area contributed by atoms with Gasteiger partial charge in [-0.2, -0.15) is 0 Å². The topological polar surface area (TPSA) is 75.3 Å². The van der Waals surface area contributed by atoms with Gasteiger partial charge < -0.3 is 5.32 Å². The van der Waals surface area contributed by atoms with Gasteiger partial charge in [0.1, 0.15) is 0 Å². The monoisotopic (exact) mass is 360 g/mol. The van der Waals surface area contributed by atoms with E-state index in [1.165, 1.54) is 6.07 Å². The number of rotatable bonds is 8. The van der Waals surface area contributed by atoms with E-state index in [2.05, 4.69) is 17.0 Å². The van der Waals surface area contributed by atoms with Crippen molar-refractivity contribution in [2.45, 2.75) is 38.0 Å². The standard InChI is InChI=1S/C19H24N2O3S/c1-3-4-8-13-20-19(22)16-12-11-15(2)18(14-16)25(23,24)21-17-9-6-5-7-10-17/h5-7,9-12,14,21H,3-4,8,13H2,1-2H3,(H,20,22). The Morgan fingerprint density at radius 2 is 1.76 bits per heavy atom. The van der Waals surface area contributed by atoms with Crippen molar-refractivity contribution in [1.29, 1.82) is 0 Å². The highest BCUT2D eigenvalue weighted by molar-refractivity contribution is 7.92.